The average molecular weight is 259 g/mol. The molecule has 110 valence electrons. The molecule has 0 aliphatic carbocycles. The smallest absolute Gasteiger partial charge is 0.0644 e. The van der Waals surface area contributed by atoms with Crippen LogP contribution in [0.15, 0.2) is 0 Å². The number of nitrogens with one attached hydrogen (secondary N) is 1. The zero-order chi connectivity index (χ0) is 13.7. The highest BCUT2D eigenvalue weighted by Crippen LogP contribution is 2.12. The van der Waals surface area contributed by atoms with Crippen LogP contribution >= 0.6 is 0 Å². The van der Waals surface area contributed by atoms with E-state index in [0.29, 0.717) is 0 Å². The molecule has 0 aliphatic rings. The lowest BCUT2D eigenvalue weighted by atomic mass is 10.1. The number of ether oxygens (including phenoxy) is 2. The summed E-state index contributed by atoms with van der Waals surface area (Å²) >= 11 is 0. The van der Waals surface area contributed by atoms with E-state index < -0.39 is 0 Å². The first-order chi connectivity index (χ1) is 8.62. The van der Waals surface area contributed by atoms with Crippen molar-refractivity contribution < 1.29 is 9.47 Å². The molecule has 0 bridgehead atoms. The molecular formula is C15H33NO2. The van der Waals surface area contributed by atoms with Crippen LogP contribution in [-0.2, 0) is 9.47 Å². The number of rotatable bonds is 13. The Morgan fingerprint density at radius 2 is 1.67 bits per heavy atom. The molecule has 0 aliphatic heterocycles. The van der Waals surface area contributed by atoms with E-state index in [1.54, 1.807) is 7.11 Å². The van der Waals surface area contributed by atoms with Gasteiger partial charge in [0.2, 0.25) is 0 Å². The first-order valence-corrected chi connectivity index (χ1v) is 7.46. The van der Waals surface area contributed by atoms with E-state index in [9.17, 15) is 0 Å². The minimum absolute atomic E-state index is 0.0506. The SMILES string of the molecule is CCCNCCCCCCOCCC(C)(C)OC. The average Bonchev–Trinajstić information content (AvgIpc) is 2.36. The Bertz CT molecular complexity index is 172. The molecule has 0 heterocycles. The van der Waals surface area contributed by atoms with Gasteiger partial charge in [-0.15, -0.1) is 0 Å². The standard InChI is InChI=1S/C15H33NO2/c1-5-11-16-12-8-6-7-9-13-18-14-10-15(2,3)17-4/h16H,5-14H2,1-4H3. The highest BCUT2D eigenvalue weighted by molar-refractivity contribution is 4.66. The molecule has 18 heavy (non-hydrogen) atoms. The maximum Gasteiger partial charge on any atom is 0.0644 e. The highest BCUT2D eigenvalue weighted by Gasteiger charge is 2.15. The Morgan fingerprint density at radius 1 is 0.944 bits per heavy atom. The molecule has 1 N–H and O–H groups in total. The van der Waals surface area contributed by atoms with Crippen LogP contribution in [0.25, 0.3) is 0 Å². The van der Waals surface area contributed by atoms with Crippen molar-refractivity contribution in [1.82, 2.24) is 5.32 Å². The molecule has 3 nitrogen and oxygen atoms in total. The summed E-state index contributed by atoms with van der Waals surface area (Å²) in [5.74, 6) is 0. The van der Waals surface area contributed by atoms with Crippen molar-refractivity contribution in [3.63, 3.8) is 0 Å². The molecule has 0 atom stereocenters. The molecule has 0 aromatic carbocycles. The van der Waals surface area contributed by atoms with E-state index in [-0.39, 0.29) is 5.60 Å². The minimum Gasteiger partial charge on any atom is -0.381 e. The van der Waals surface area contributed by atoms with Crippen LogP contribution in [0.5, 0.6) is 0 Å². The minimum atomic E-state index is -0.0506. The van der Waals surface area contributed by atoms with E-state index in [4.69, 9.17) is 9.47 Å². The zero-order valence-corrected chi connectivity index (χ0v) is 12.9. The summed E-state index contributed by atoms with van der Waals surface area (Å²) in [4.78, 5) is 0. The third-order valence-electron chi connectivity index (χ3n) is 3.22. The fraction of sp³-hybridized carbons (Fsp3) is 1.00. The Labute approximate surface area is 114 Å². The monoisotopic (exact) mass is 259 g/mol. The van der Waals surface area contributed by atoms with Crippen molar-refractivity contribution in [3.8, 4) is 0 Å². The first kappa shape index (κ1) is 17.9. The third-order valence-corrected chi connectivity index (χ3v) is 3.22. The van der Waals surface area contributed by atoms with Crippen LogP contribution in [-0.4, -0.2) is 39.0 Å². The summed E-state index contributed by atoms with van der Waals surface area (Å²) in [6.07, 6.45) is 7.25. The van der Waals surface area contributed by atoms with Gasteiger partial charge in [0.25, 0.3) is 0 Å². The first-order valence-electron chi connectivity index (χ1n) is 7.46. The van der Waals surface area contributed by atoms with Gasteiger partial charge in [0.1, 0.15) is 0 Å². The lowest BCUT2D eigenvalue weighted by Gasteiger charge is -2.22. The molecular weight excluding hydrogens is 226 g/mol. The van der Waals surface area contributed by atoms with E-state index in [0.717, 1.165) is 32.7 Å². The molecule has 0 unspecified atom stereocenters. The summed E-state index contributed by atoms with van der Waals surface area (Å²) < 4.78 is 11.0. The van der Waals surface area contributed by atoms with Crippen molar-refractivity contribution in [2.75, 3.05) is 33.4 Å². The van der Waals surface area contributed by atoms with Crippen LogP contribution in [0.2, 0.25) is 0 Å². The summed E-state index contributed by atoms with van der Waals surface area (Å²) in [5.41, 5.74) is -0.0506. The second-order valence-electron chi connectivity index (χ2n) is 5.49. The normalized spacial score (nSPS) is 12.0. The van der Waals surface area contributed by atoms with Gasteiger partial charge in [0.05, 0.1) is 5.60 Å². The van der Waals surface area contributed by atoms with Crippen molar-refractivity contribution in [2.24, 2.45) is 0 Å². The van der Waals surface area contributed by atoms with Gasteiger partial charge in [0.15, 0.2) is 0 Å². The van der Waals surface area contributed by atoms with Crippen molar-refractivity contribution in [2.45, 2.75) is 64.9 Å². The maximum absolute atomic E-state index is 5.62. The molecule has 0 rings (SSSR count). The van der Waals surface area contributed by atoms with Crippen LogP contribution in [0, 0.1) is 0 Å². The van der Waals surface area contributed by atoms with E-state index in [1.807, 2.05) is 0 Å². The molecule has 0 aromatic rings. The van der Waals surface area contributed by atoms with Gasteiger partial charge < -0.3 is 14.8 Å². The number of methoxy groups -OCH3 is 1. The van der Waals surface area contributed by atoms with Gasteiger partial charge in [-0.2, -0.15) is 0 Å². The Morgan fingerprint density at radius 3 is 2.33 bits per heavy atom. The fourth-order valence-corrected chi connectivity index (χ4v) is 1.63. The molecule has 0 radical (unpaired) electrons. The fourth-order valence-electron chi connectivity index (χ4n) is 1.63. The summed E-state index contributed by atoms with van der Waals surface area (Å²) in [7, 11) is 1.76. The highest BCUT2D eigenvalue weighted by atomic mass is 16.5. The van der Waals surface area contributed by atoms with E-state index >= 15 is 0 Å². The van der Waals surface area contributed by atoms with Gasteiger partial charge in [0, 0.05) is 20.3 Å². The molecule has 0 saturated heterocycles. The Hall–Kier alpha value is -0.120. The number of hydrogen-bond acceptors (Lipinski definition) is 3. The van der Waals surface area contributed by atoms with Crippen LogP contribution in [0.3, 0.4) is 0 Å². The summed E-state index contributed by atoms with van der Waals surface area (Å²) in [6, 6.07) is 0. The molecule has 0 amide bonds. The molecule has 3 heteroatoms. The third kappa shape index (κ3) is 12.3. The van der Waals surface area contributed by atoms with Crippen molar-refractivity contribution >= 4 is 0 Å². The van der Waals surface area contributed by atoms with Gasteiger partial charge in [-0.05, 0) is 52.6 Å². The van der Waals surface area contributed by atoms with Crippen LogP contribution in [0.4, 0.5) is 0 Å². The second kappa shape index (κ2) is 11.9. The summed E-state index contributed by atoms with van der Waals surface area (Å²) in [6.45, 7) is 10.4. The number of unbranched alkanes of at least 4 members (excludes halogenated alkanes) is 3. The lowest BCUT2D eigenvalue weighted by Crippen LogP contribution is -2.24. The second-order valence-corrected chi connectivity index (χ2v) is 5.49. The maximum atomic E-state index is 5.62. The van der Waals surface area contributed by atoms with E-state index in [2.05, 4.69) is 26.1 Å². The number of hydrogen-bond donors (Lipinski definition) is 1. The van der Waals surface area contributed by atoms with Crippen molar-refractivity contribution in [3.05, 3.63) is 0 Å². The van der Waals surface area contributed by atoms with Gasteiger partial charge in [-0.25, -0.2) is 0 Å². The Kier molecular flexibility index (Phi) is 11.9. The lowest BCUT2D eigenvalue weighted by molar-refractivity contribution is -0.0101. The molecule has 0 aromatic heterocycles. The zero-order valence-electron chi connectivity index (χ0n) is 12.9. The quantitative estimate of drug-likeness (QED) is 0.514. The Balaban J connectivity index is 3.08. The molecule has 0 spiro atoms. The molecule has 0 fully saturated rings. The predicted octanol–water partition coefficient (Wildman–Crippen LogP) is 3.38. The van der Waals surface area contributed by atoms with Gasteiger partial charge in [-0.3, -0.25) is 0 Å². The van der Waals surface area contributed by atoms with Gasteiger partial charge >= 0.3 is 0 Å². The topological polar surface area (TPSA) is 30.5 Å². The van der Waals surface area contributed by atoms with Crippen LogP contribution < -0.4 is 5.32 Å². The van der Waals surface area contributed by atoms with Crippen LogP contribution in [0.1, 0.15) is 59.3 Å². The van der Waals surface area contributed by atoms with Crippen molar-refractivity contribution in [1.29, 1.82) is 0 Å². The van der Waals surface area contributed by atoms with Gasteiger partial charge in [-0.1, -0.05) is 19.8 Å². The largest absolute Gasteiger partial charge is 0.381 e. The van der Waals surface area contributed by atoms with E-state index in [1.165, 1.54) is 32.1 Å². The predicted molar refractivity (Wildman–Crippen MR) is 78.2 cm³/mol. The summed E-state index contributed by atoms with van der Waals surface area (Å²) in [5, 5.41) is 3.42. The molecule has 0 saturated carbocycles.